The molecule has 0 bridgehead atoms. The second-order valence-electron chi connectivity index (χ2n) is 2.71. The molecule has 0 aliphatic rings. The van der Waals surface area contributed by atoms with Gasteiger partial charge in [-0.1, -0.05) is 35.3 Å². The first-order valence-corrected chi connectivity index (χ1v) is 6.99. The number of hydrogen-bond donors (Lipinski definition) is 0. The van der Waals surface area contributed by atoms with Crippen LogP contribution < -0.4 is 0 Å². The molecule has 0 amide bonds. The van der Waals surface area contributed by atoms with Crippen molar-refractivity contribution in [3.63, 3.8) is 0 Å². The Morgan fingerprint density at radius 2 is 1.86 bits per heavy atom. The summed E-state index contributed by atoms with van der Waals surface area (Å²) < 4.78 is 21.4. The van der Waals surface area contributed by atoms with Crippen LogP contribution in [0.2, 0.25) is 10.0 Å². The molecule has 2 nitrogen and oxygen atoms in total. The van der Waals surface area contributed by atoms with Gasteiger partial charge in [0.05, 0.1) is 15.8 Å². The van der Waals surface area contributed by atoms with Crippen molar-refractivity contribution < 1.29 is 8.42 Å². The van der Waals surface area contributed by atoms with Crippen LogP contribution in [0.25, 0.3) is 0 Å². The molecule has 6 heteroatoms. The van der Waals surface area contributed by atoms with Gasteiger partial charge in [-0.25, -0.2) is 8.42 Å². The minimum Gasteiger partial charge on any atom is -0.212 e. The van der Waals surface area contributed by atoms with Crippen LogP contribution in [0.5, 0.6) is 0 Å². The van der Waals surface area contributed by atoms with Crippen LogP contribution in [0.3, 0.4) is 0 Å². The summed E-state index contributed by atoms with van der Waals surface area (Å²) in [6.45, 7) is 0. The van der Waals surface area contributed by atoms with E-state index in [9.17, 15) is 8.42 Å². The highest BCUT2D eigenvalue weighted by Crippen LogP contribution is 2.26. The smallest absolute Gasteiger partial charge is 0.212 e. The van der Waals surface area contributed by atoms with E-state index >= 15 is 0 Å². The summed E-state index contributed by atoms with van der Waals surface area (Å²) in [5.41, 5.74) is 0.684. The van der Waals surface area contributed by atoms with Crippen molar-refractivity contribution in [2.75, 3.05) is 5.75 Å². The third-order valence-corrected chi connectivity index (χ3v) is 3.66. The molecule has 0 saturated carbocycles. The number of benzene rings is 1. The monoisotopic (exact) mass is 272 g/mol. The molecule has 1 rings (SSSR count). The Bertz CT molecular complexity index is 428. The molecule has 0 fully saturated rings. The number of aryl methyl sites for hydroxylation is 1. The minimum absolute atomic E-state index is 0.144. The Morgan fingerprint density at radius 1 is 1.21 bits per heavy atom. The predicted molar refractivity (Wildman–Crippen MR) is 59.8 cm³/mol. The molecule has 0 aliphatic heterocycles. The first kappa shape index (κ1) is 12.1. The maximum atomic E-state index is 10.7. The van der Waals surface area contributed by atoms with E-state index in [4.69, 9.17) is 33.9 Å². The maximum absolute atomic E-state index is 10.7. The van der Waals surface area contributed by atoms with Gasteiger partial charge < -0.3 is 0 Å². The van der Waals surface area contributed by atoms with Gasteiger partial charge in [-0.2, -0.15) is 0 Å². The average Bonchev–Trinajstić information content (AvgIpc) is 2.06. The van der Waals surface area contributed by atoms with E-state index in [1.807, 2.05) is 0 Å². The SMILES string of the molecule is O=S(=O)(Cl)CCc1cccc(Cl)c1Cl. The quantitative estimate of drug-likeness (QED) is 0.793. The summed E-state index contributed by atoms with van der Waals surface area (Å²) in [4.78, 5) is 0. The van der Waals surface area contributed by atoms with Crippen LogP contribution in [0.15, 0.2) is 18.2 Å². The highest BCUT2D eigenvalue weighted by atomic mass is 35.7. The molecule has 1 aromatic rings. The Kier molecular flexibility index (Phi) is 4.07. The van der Waals surface area contributed by atoms with Gasteiger partial charge in [0, 0.05) is 10.7 Å². The molecule has 0 heterocycles. The van der Waals surface area contributed by atoms with Gasteiger partial charge in [0.15, 0.2) is 0 Å². The highest BCUT2D eigenvalue weighted by Gasteiger charge is 2.09. The zero-order chi connectivity index (χ0) is 10.8. The van der Waals surface area contributed by atoms with E-state index in [0.717, 1.165) is 0 Å². The molecule has 1 aromatic carbocycles. The van der Waals surface area contributed by atoms with Gasteiger partial charge in [-0.05, 0) is 18.1 Å². The maximum Gasteiger partial charge on any atom is 0.232 e. The molecular weight excluding hydrogens is 267 g/mol. The lowest BCUT2D eigenvalue weighted by molar-refractivity contribution is 0.609. The molecule has 0 aromatic heterocycles. The fourth-order valence-corrected chi connectivity index (χ4v) is 2.08. The standard InChI is InChI=1S/C8H7Cl3O2S/c9-7-3-1-2-6(8(7)10)4-5-14(11,12)13/h1-3H,4-5H2. The lowest BCUT2D eigenvalue weighted by atomic mass is 10.2. The molecule has 14 heavy (non-hydrogen) atoms. The van der Waals surface area contributed by atoms with Crippen LogP contribution in [-0.4, -0.2) is 14.2 Å². The topological polar surface area (TPSA) is 34.1 Å². The summed E-state index contributed by atoms with van der Waals surface area (Å²) in [6.07, 6.45) is 0.269. The molecule has 78 valence electrons. The number of rotatable bonds is 3. The van der Waals surface area contributed by atoms with E-state index in [2.05, 4.69) is 0 Å². The molecule has 0 spiro atoms. The van der Waals surface area contributed by atoms with Gasteiger partial charge in [0.1, 0.15) is 0 Å². The van der Waals surface area contributed by atoms with Gasteiger partial charge in [0.2, 0.25) is 9.05 Å². The number of hydrogen-bond acceptors (Lipinski definition) is 2. The van der Waals surface area contributed by atoms with Crippen LogP contribution >= 0.6 is 33.9 Å². The Balaban J connectivity index is 2.83. The second kappa shape index (κ2) is 4.71. The second-order valence-corrected chi connectivity index (χ2v) is 6.39. The van der Waals surface area contributed by atoms with Crippen LogP contribution in [0, 0.1) is 0 Å². The molecule has 0 atom stereocenters. The lowest BCUT2D eigenvalue weighted by Gasteiger charge is -2.03. The minimum atomic E-state index is -3.48. The van der Waals surface area contributed by atoms with Gasteiger partial charge >= 0.3 is 0 Å². The average molecular weight is 274 g/mol. The first-order chi connectivity index (χ1) is 6.40. The summed E-state index contributed by atoms with van der Waals surface area (Å²) in [6, 6.07) is 5.07. The largest absolute Gasteiger partial charge is 0.232 e. The first-order valence-electron chi connectivity index (χ1n) is 3.75. The fourth-order valence-electron chi connectivity index (χ4n) is 0.973. The van der Waals surface area contributed by atoms with Crippen molar-refractivity contribution >= 4 is 42.9 Å². The van der Waals surface area contributed by atoms with Gasteiger partial charge in [-0.15, -0.1) is 0 Å². The van der Waals surface area contributed by atoms with E-state index in [1.54, 1.807) is 18.2 Å². The van der Waals surface area contributed by atoms with E-state index < -0.39 is 9.05 Å². The summed E-state index contributed by atoms with van der Waals surface area (Å²) in [7, 11) is 1.59. The third kappa shape index (κ3) is 3.65. The zero-order valence-electron chi connectivity index (χ0n) is 7.00. The molecule has 0 unspecified atom stereocenters. The van der Waals surface area contributed by atoms with Crippen LogP contribution in [-0.2, 0) is 15.5 Å². The van der Waals surface area contributed by atoms with E-state index in [1.165, 1.54) is 0 Å². The lowest BCUT2D eigenvalue weighted by Crippen LogP contribution is -2.01. The molecule has 0 radical (unpaired) electrons. The summed E-state index contributed by atoms with van der Waals surface area (Å²) >= 11 is 11.6. The van der Waals surface area contributed by atoms with E-state index in [0.29, 0.717) is 15.6 Å². The van der Waals surface area contributed by atoms with Crippen molar-refractivity contribution in [1.82, 2.24) is 0 Å². The van der Waals surface area contributed by atoms with Crippen molar-refractivity contribution in [2.45, 2.75) is 6.42 Å². The van der Waals surface area contributed by atoms with E-state index in [-0.39, 0.29) is 12.2 Å². The fraction of sp³-hybridized carbons (Fsp3) is 0.250. The Morgan fingerprint density at radius 3 is 2.43 bits per heavy atom. The molecule has 0 saturated heterocycles. The zero-order valence-corrected chi connectivity index (χ0v) is 10.1. The summed E-state index contributed by atoms with van der Waals surface area (Å²) in [5.74, 6) is -0.144. The van der Waals surface area contributed by atoms with Gasteiger partial charge in [-0.3, -0.25) is 0 Å². The molecular formula is C8H7Cl3O2S. The Hall–Kier alpha value is 0.0400. The van der Waals surface area contributed by atoms with Crippen molar-refractivity contribution in [1.29, 1.82) is 0 Å². The van der Waals surface area contributed by atoms with Gasteiger partial charge in [0.25, 0.3) is 0 Å². The predicted octanol–water partition coefficient (Wildman–Crippen LogP) is 3.10. The normalized spacial score (nSPS) is 11.6. The number of halogens is 3. The van der Waals surface area contributed by atoms with Crippen molar-refractivity contribution in [3.05, 3.63) is 33.8 Å². The van der Waals surface area contributed by atoms with Crippen molar-refractivity contribution in [2.24, 2.45) is 0 Å². The van der Waals surface area contributed by atoms with Crippen LogP contribution in [0.4, 0.5) is 0 Å². The van der Waals surface area contributed by atoms with Crippen molar-refractivity contribution in [3.8, 4) is 0 Å². The third-order valence-electron chi connectivity index (χ3n) is 1.65. The highest BCUT2D eigenvalue weighted by molar-refractivity contribution is 8.13. The Labute approximate surface area is 97.2 Å². The molecule has 0 N–H and O–H groups in total. The van der Waals surface area contributed by atoms with Crippen LogP contribution in [0.1, 0.15) is 5.56 Å². The summed E-state index contributed by atoms with van der Waals surface area (Å²) in [5, 5.41) is 0.797. The molecule has 0 aliphatic carbocycles.